The second-order valence-corrected chi connectivity index (χ2v) is 8.97. The summed E-state index contributed by atoms with van der Waals surface area (Å²) in [5, 5.41) is 0. The fourth-order valence-electron chi connectivity index (χ4n) is 6.89. The van der Waals surface area contributed by atoms with Crippen molar-refractivity contribution in [3.8, 4) is 0 Å². The first kappa shape index (κ1) is 15.5. The highest BCUT2D eigenvalue weighted by Gasteiger charge is 2.57. The number of allylic oxidation sites excluding steroid dienone is 5. The monoisotopic (exact) mass is 312 g/mol. The highest BCUT2D eigenvalue weighted by atomic mass is 16.5. The molecular formula is C22H32O. The summed E-state index contributed by atoms with van der Waals surface area (Å²) >= 11 is 0. The van der Waals surface area contributed by atoms with Crippen LogP contribution in [0.1, 0.15) is 58.8 Å². The number of fused-ring (bicyclic) bond motifs is 5. The average molecular weight is 312 g/mol. The molecule has 4 aliphatic rings. The van der Waals surface area contributed by atoms with Gasteiger partial charge in [0.2, 0.25) is 0 Å². The molecule has 6 atom stereocenters. The Bertz CT molecular complexity index is 571. The number of hydrogen-bond acceptors (Lipinski definition) is 1. The molecule has 0 saturated heterocycles. The standard InChI is InChI=1S/C22H32O/c1-5-15-7-9-19-18-8-6-16-14-17(23-4)10-12-22(16,3)20(18)11-13-21(15,19)2/h5-6,14-15,18-20H,1,7-13H2,2-4H3/t15-,18-,19-,20-,21+,22-/m0/s1. The Hall–Kier alpha value is -0.980. The first-order valence-corrected chi connectivity index (χ1v) is 9.60. The van der Waals surface area contributed by atoms with E-state index < -0.39 is 0 Å². The third-order valence-corrected chi connectivity index (χ3v) is 8.35. The number of hydrogen-bond donors (Lipinski definition) is 0. The van der Waals surface area contributed by atoms with Gasteiger partial charge >= 0.3 is 0 Å². The van der Waals surface area contributed by atoms with E-state index in [-0.39, 0.29) is 0 Å². The Kier molecular flexibility index (Phi) is 3.55. The zero-order chi connectivity index (χ0) is 16.2. The summed E-state index contributed by atoms with van der Waals surface area (Å²) in [5.74, 6) is 4.61. The Labute approximate surface area is 141 Å². The summed E-state index contributed by atoms with van der Waals surface area (Å²) in [7, 11) is 1.82. The van der Waals surface area contributed by atoms with Gasteiger partial charge in [0.1, 0.15) is 0 Å². The first-order valence-electron chi connectivity index (χ1n) is 9.60. The highest BCUT2D eigenvalue weighted by molar-refractivity contribution is 5.35. The molecule has 0 aromatic heterocycles. The van der Waals surface area contributed by atoms with Gasteiger partial charge in [-0.1, -0.05) is 26.0 Å². The maximum Gasteiger partial charge on any atom is 0.0958 e. The van der Waals surface area contributed by atoms with E-state index in [4.69, 9.17) is 4.74 Å². The maximum absolute atomic E-state index is 5.54. The van der Waals surface area contributed by atoms with Gasteiger partial charge in [0.15, 0.2) is 0 Å². The van der Waals surface area contributed by atoms with E-state index >= 15 is 0 Å². The van der Waals surface area contributed by atoms with Crippen LogP contribution in [-0.4, -0.2) is 7.11 Å². The van der Waals surface area contributed by atoms with Gasteiger partial charge in [0.25, 0.3) is 0 Å². The molecule has 4 aliphatic carbocycles. The van der Waals surface area contributed by atoms with Crippen molar-refractivity contribution in [3.63, 3.8) is 0 Å². The van der Waals surface area contributed by atoms with Gasteiger partial charge in [-0.05, 0) is 84.7 Å². The van der Waals surface area contributed by atoms with Crippen LogP contribution in [-0.2, 0) is 4.74 Å². The lowest BCUT2D eigenvalue weighted by Crippen LogP contribution is -2.49. The lowest BCUT2D eigenvalue weighted by molar-refractivity contribution is -0.0303. The predicted molar refractivity (Wildman–Crippen MR) is 95.9 cm³/mol. The summed E-state index contributed by atoms with van der Waals surface area (Å²) in [5.41, 5.74) is 2.48. The van der Waals surface area contributed by atoms with E-state index in [0.29, 0.717) is 10.8 Å². The lowest BCUT2D eigenvalue weighted by Gasteiger charge is -2.57. The van der Waals surface area contributed by atoms with Crippen LogP contribution in [0.15, 0.2) is 36.1 Å². The second kappa shape index (κ2) is 5.26. The van der Waals surface area contributed by atoms with E-state index in [1.807, 2.05) is 7.11 Å². The molecule has 0 radical (unpaired) electrons. The van der Waals surface area contributed by atoms with Crippen LogP contribution in [0.25, 0.3) is 0 Å². The van der Waals surface area contributed by atoms with Crippen LogP contribution in [0.5, 0.6) is 0 Å². The van der Waals surface area contributed by atoms with Gasteiger partial charge in [0, 0.05) is 6.42 Å². The average Bonchev–Trinajstić information content (AvgIpc) is 2.90. The Morgan fingerprint density at radius 2 is 2.00 bits per heavy atom. The second-order valence-electron chi connectivity index (χ2n) is 8.97. The molecule has 0 aromatic carbocycles. The maximum atomic E-state index is 5.54. The van der Waals surface area contributed by atoms with Crippen LogP contribution in [0.4, 0.5) is 0 Å². The van der Waals surface area contributed by atoms with Crippen molar-refractivity contribution in [3.05, 3.63) is 36.1 Å². The number of rotatable bonds is 2. The van der Waals surface area contributed by atoms with E-state index in [1.165, 1.54) is 44.3 Å². The van der Waals surface area contributed by atoms with Crippen LogP contribution in [0.2, 0.25) is 0 Å². The highest BCUT2D eigenvalue weighted by Crippen LogP contribution is 2.66. The molecule has 0 bridgehead atoms. The molecule has 2 saturated carbocycles. The fourth-order valence-corrected chi connectivity index (χ4v) is 6.89. The quantitative estimate of drug-likeness (QED) is 0.577. The molecular weight excluding hydrogens is 280 g/mol. The molecule has 0 aliphatic heterocycles. The molecule has 0 amide bonds. The largest absolute Gasteiger partial charge is 0.501 e. The summed E-state index contributed by atoms with van der Waals surface area (Å²) in [6.45, 7) is 9.26. The minimum absolute atomic E-state index is 0.387. The van der Waals surface area contributed by atoms with Gasteiger partial charge in [-0.15, -0.1) is 6.58 Å². The first-order chi connectivity index (χ1) is 11.0. The van der Waals surface area contributed by atoms with Gasteiger partial charge in [0.05, 0.1) is 12.9 Å². The smallest absolute Gasteiger partial charge is 0.0958 e. The minimum atomic E-state index is 0.387. The molecule has 0 N–H and O–H groups in total. The van der Waals surface area contributed by atoms with E-state index in [0.717, 1.165) is 30.1 Å². The normalized spacial score (nSPS) is 48.5. The van der Waals surface area contributed by atoms with Crippen LogP contribution >= 0.6 is 0 Å². The van der Waals surface area contributed by atoms with Gasteiger partial charge in [-0.2, -0.15) is 0 Å². The zero-order valence-electron chi connectivity index (χ0n) is 15.1. The Balaban J connectivity index is 1.68. The minimum Gasteiger partial charge on any atom is -0.501 e. The van der Waals surface area contributed by atoms with Gasteiger partial charge in [-0.25, -0.2) is 0 Å². The Morgan fingerprint density at radius 3 is 2.74 bits per heavy atom. The van der Waals surface area contributed by atoms with Gasteiger partial charge < -0.3 is 4.74 Å². The SMILES string of the molecule is C=C[C@H]1CC[C@H]2[C@@H]3CC=C4C=C(OC)CC[C@]4(C)[C@H]3CC[C@]12C. The molecule has 126 valence electrons. The van der Waals surface area contributed by atoms with Crippen LogP contribution in [0.3, 0.4) is 0 Å². The van der Waals surface area contributed by atoms with Crippen molar-refractivity contribution in [2.24, 2.45) is 34.5 Å². The van der Waals surface area contributed by atoms with Crippen LogP contribution < -0.4 is 0 Å². The summed E-state index contributed by atoms with van der Waals surface area (Å²) in [4.78, 5) is 0. The zero-order valence-corrected chi connectivity index (χ0v) is 15.1. The Morgan fingerprint density at radius 1 is 1.17 bits per heavy atom. The fraction of sp³-hybridized carbons (Fsp3) is 0.727. The summed E-state index contributed by atoms with van der Waals surface area (Å²) in [6, 6.07) is 0. The molecule has 0 aromatic rings. The van der Waals surface area contributed by atoms with Crippen molar-refractivity contribution in [2.75, 3.05) is 7.11 Å². The van der Waals surface area contributed by atoms with E-state index in [1.54, 1.807) is 5.57 Å². The third-order valence-electron chi connectivity index (χ3n) is 8.35. The van der Waals surface area contributed by atoms with Crippen LogP contribution in [0, 0.1) is 34.5 Å². The molecule has 1 nitrogen and oxygen atoms in total. The molecule has 23 heavy (non-hydrogen) atoms. The lowest BCUT2D eigenvalue weighted by atomic mass is 9.48. The summed E-state index contributed by atoms with van der Waals surface area (Å²) < 4.78 is 5.54. The molecule has 0 spiro atoms. The van der Waals surface area contributed by atoms with E-state index in [2.05, 4.69) is 38.7 Å². The summed E-state index contributed by atoms with van der Waals surface area (Å²) in [6.07, 6.45) is 16.5. The van der Waals surface area contributed by atoms with Crippen molar-refractivity contribution in [1.29, 1.82) is 0 Å². The van der Waals surface area contributed by atoms with E-state index in [9.17, 15) is 0 Å². The molecule has 1 heteroatoms. The third kappa shape index (κ3) is 2.04. The van der Waals surface area contributed by atoms with Gasteiger partial charge in [-0.3, -0.25) is 0 Å². The van der Waals surface area contributed by atoms with Crippen molar-refractivity contribution in [2.45, 2.75) is 58.8 Å². The molecule has 4 rings (SSSR count). The molecule has 2 fully saturated rings. The van der Waals surface area contributed by atoms with Crippen molar-refractivity contribution >= 4 is 0 Å². The number of methoxy groups -OCH3 is 1. The molecule has 0 heterocycles. The van der Waals surface area contributed by atoms with Crippen molar-refractivity contribution < 1.29 is 4.74 Å². The van der Waals surface area contributed by atoms with Crippen molar-refractivity contribution in [1.82, 2.24) is 0 Å². The molecule has 0 unspecified atom stereocenters. The number of ether oxygens (including phenoxy) is 1. The predicted octanol–water partition coefficient (Wildman–Crippen LogP) is 5.89. The topological polar surface area (TPSA) is 9.23 Å².